The van der Waals surface area contributed by atoms with Gasteiger partial charge in [0.05, 0.1) is 5.75 Å². The molecule has 2 heterocycles. The summed E-state index contributed by atoms with van der Waals surface area (Å²) in [6, 6.07) is 6.03. The predicted octanol–water partition coefficient (Wildman–Crippen LogP) is 2.86. The van der Waals surface area contributed by atoms with Crippen LogP contribution < -0.4 is 11.1 Å². The minimum absolute atomic E-state index is 0.0482. The van der Waals surface area contributed by atoms with E-state index in [2.05, 4.69) is 46.3 Å². The Kier molecular flexibility index (Phi) is 6.13. The third-order valence-corrected chi connectivity index (χ3v) is 6.13. The van der Waals surface area contributed by atoms with Crippen molar-refractivity contribution in [3.05, 3.63) is 35.2 Å². The Balaban J connectivity index is 1.63. The first kappa shape index (κ1) is 19.8. The van der Waals surface area contributed by atoms with Gasteiger partial charge >= 0.3 is 0 Å². The standard InChI is InChI=1S/C18H24N6OS2/c1-10(2)7-13(19)16-21-22-17-24(16)23-18(27-17)26-9-15(25)20-14-6-5-11(3)8-12(14)4/h5-6,8,10,13H,7,9,19H2,1-4H3,(H,20,25)/p+1/t13-/m0/s1. The summed E-state index contributed by atoms with van der Waals surface area (Å²) >= 11 is 2.85. The molecular formula is C18H25N6OS2+. The predicted molar refractivity (Wildman–Crippen MR) is 109 cm³/mol. The molecule has 4 N–H and O–H groups in total. The average Bonchev–Trinajstić information content (AvgIpc) is 3.14. The van der Waals surface area contributed by atoms with Crippen molar-refractivity contribution in [2.24, 2.45) is 5.92 Å². The zero-order chi connectivity index (χ0) is 19.6. The number of nitrogens with zero attached hydrogens (tertiary/aromatic N) is 4. The molecule has 0 bridgehead atoms. The molecular weight excluding hydrogens is 380 g/mol. The Morgan fingerprint density at radius 1 is 1.33 bits per heavy atom. The molecule has 3 rings (SSSR count). The number of carbonyl (C=O) groups is 1. The van der Waals surface area contributed by atoms with Crippen molar-refractivity contribution in [2.75, 3.05) is 11.1 Å². The highest BCUT2D eigenvalue weighted by Gasteiger charge is 2.21. The van der Waals surface area contributed by atoms with Crippen molar-refractivity contribution in [2.45, 2.75) is 44.5 Å². The van der Waals surface area contributed by atoms with Gasteiger partial charge in [-0.2, -0.15) is 4.52 Å². The molecule has 1 atom stereocenters. The van der Waals surface area contributed by atoms with Gasteiger partial charge in [-0.25, -0.2) is 0 Å². The topological polar surface area (TPSA) is 99.8 Å². The van der Waals surface area contributed by atoms with Crippen LogP contribution in [0.5, 0.6) is 0 Å². The third kappa shape index (κ3) is 4.85. The van der Waals surface area contributed by atoms with Crippen LogP contribution in [-0.2, 0) is 4.79 Å². The molecule has 2 aromatic heterocycles. The molecule has 0 saturated heterocycles. The SMILES string of the molecule is Cc1ccc(NC(=O)CSc2nn3c([C@@H]([NH3+])CC(C)C)nnc3s2)c(C)c1. The van der Waals surface area contributed by atoms with Gasteiger partial charge in [0.15, 0.2) is 4.34 Å². The van der Waals surface area contributed by atoms with Gasteiger partial charge in [0.1, 0.15) is 6.04 Å². The summed E-state index contributed by atoms with van der Waals surface area (Å²) in [6.07, 6.45) is 0.930. The van der Waals surface area contributed by atoms with Crippen LogP contribution in [-0.4, -0.2) is 31.5 Å². The number of hydrogen-bond acceptors (Lipinski definition) is 6. The number of anilines is 1. The summed E-state index contributed by atoms with van der Waals surface area (Å²) in [5.74, 6) is 1.56. The van der Waals surface area contributed by atoms with Gasteiger partial charge in [0.2, 0.25) is 16.7 Å². The molecule has 0 aliphatic heterocycles. The lowest BCUT2D eigenvalue weighted by atomic mass is 10.0. The summed E-state index contributed by atoms with van der Waals surface area (Å²) in [5, 5.41) is 15.9. The Bertz CT molecular complexity index is 949. The van der Waals surface area contributed by atoms with E-state index in [4.69, 9.17) is 0 Å². The van der Waals surface area contributed by atoms with Crippen molar-refractivity contribution in [3.8, 4) is 0 Å². The van der Waals surface area contributed by atoms with Crippen molar-refractivity contribution in [1.82, 2.24) is 19.8 Å². The summed E-state index contributed by atoms with van der Waals surface area (Å²) in [7, 11) is 0. The number of carbonyl (C=O) groups excluding carboxylic acids is 1. The van der Waals surface area contributed by atoms with Crippen molar-refractivity contribution in [3.63, 3.8) is 0 Å². The van der Waals surface area contributed by atoms with Crippen LogP contribution in [0.4, 0.5) is 5.69 Å². The highest BCUT2D eigenvalue weighted by Crippen LogP contribution is 2.26. The number of quaternary nitrogens is 1. The van der Waals surface area contributed by atoms with Crippen LogP contribution in [0.2, 0.25) is 0 Å². The first-order valence-corrected chi connectivity index (χ1v) is 10.7. The molecule has 1 aromatic carbocycles. The van der Waals surface area contributed by atoms with Crippen LogP contribution >= 0.6 is 23.1 Å². The van der Waals surface area contributed by atoms with Crippen LogP contribution in [0, 0.1) is 19.8 Å². The summed E-state index contributed by atoms with van der Waals surface area (Å²) < 4.78 is 2.56. The Morgan fingerprint density at radius 3 is 2.81 bits per heavy atom. The van der Waals surface area contributed by atoms with Gasteiger partial charge in [-0.3, -0.25) is 4.79 Å². The second-order valence-electron chi connectivity index (χ2n) is 7.10. The number of fused-ring (bicyclic) bond motifs is 1. The normalized spacial score (nSPS) is 12.7. The Hall–Kier alpha value is -1.97. The van der Waals surface area contributed by atoms with Gasteiger partial charge < -0.3 is 11.1 Å². The molecule has 7 nitrogen and oxygen atoms in total. The van der Waals surface area contributed by atoms with Crippen molar-refractivity contribution in [1.29, 1.82) is 0 Å². The number of aromatic nitrogens is 4. The van der Waals surface area contributed by atoms with E-state index in [0.29, 0.717) is 11.7 Å². The number of hydrogen-bond donors (Lipinski definition) is 2. The van der Waals surface area contributed by atoms with Crippen molar-refractivity contribution < 1.29 is 10.5 Å². The maximum atomic E-state index is 12.3. The molecule has 3 aromatic rings. The number of benzene rings is 1. The summed E-state index contributed by atoms with van der Waals surface area (Å²) in [6.45, 7) is 8.35. The Morgan fingerprint density at radius 2 is 2.11 bits per heavy atom. The fourth-order valence-corrected chi connectivity index (χ4v) is 4.55. The highest BCUT2D eigenvalue weighted by atomic mass is 32.2. The fourth-order valence-electron chi connectivity index (χ4n) is 2.87. The quantitative estimate of drug-likeness (QED) is 0.589. The second kappa shape index (κ2) is 8.37. The van der Waals surface area contributed by atoms with E-state index in [-0.39, 0.29) is 11.9 Å². The number of thioether (sulfide) groups is 1. The van der Waals surface area contributed by atoms with Gasteiger partial charge in [0.25, 0.3) is 0 Å². The molecule has 0 spiro atoms. The molecule has 9 heteroatoms. The molecule has 0 unspecified atom stereocenters. The third-order valence-electron chi connectivity index (χ3n) is 4.10. The van der Waals surface area contributed by atoms with E-state index in [1.165, 1.54) is 28.7 Å². The number of aryl methyl sites for hydroxylation is 2. The largest absolute Gasteiger partial charge is 0.349 e. The summed E-state index contributed by atoms with van der Waals surface area (Å²) in [4.78, 5) is 13.0. The first-order chi connectivity index (χ1) is 12.8. The fraction of sp³-hybridized carbons (Fsp3) is 0.444. The van der Waals surface area contributed by atoms with E-state index in [9.17, 15) is 4.79 Å². The van der Waals surface area contributed by atoms with E-state index >= 15 is 0 Å². The molecule has 0 aliphatic rings. The average molecular weight is 406 g/mol. The number of amides is 1. The van der Waals surface area contributed by atoms with Gasteiger partial charge in [-0.15, -0.1) is 15.3 Å². The second-order valence-corrected chi connectivity index (χ2v) is 9.28. The van der Waals surface area contributed by atoms with E-state index < -0.39 is 0 Å². The monoisotopic (exact) mass is 405 g/mol. The first-order valence-electron chi connectivity index (χ1n) is 8.88. The zero-order valence-electron chi connectivity index (χ0n) is 16.0. The van der Waals surface area contributed by atoms with Crippen LogP contribution in [0.1, 0.15) is 43.3 Å². The molecule has 0 aliphatic carbocycles. The van der Waals surface area contributed by atoms with Gasteiger partial charge in [-0.05, 0) is 31.4 Å². The van der Waals surface area contributed by atoms with Crippen LogP contribution in [0.25, 0.3) is 4.96 Å². The van der Waals surface area contributed by atoms with E-state index in [1.807, 2.05) is 26.0 Å². The van der Waals surface area contributed by atoms with Gasteiger partial charge in [-0.1, -0.05) is 54.6 Å². The maximum absolute atomic E-state index is 12.3. The smallest absolute Gasteiger partial charge is 0.235 e. The lowest BCUT2D eigenvalue weighted by Crippen LogP contribution is -2.54. The highest BCUT2D eigenvalue weighted by molar-refractivity contribution is 8.01. The summed E-state index contributed by atoms with van der Waals surface area (Å²) in [5.41, 5.74) is 7.27. The minimum Gasteiger partial charge on any atom is -0.349 e. The van der Waals surface area contributed by atoms with Crippen LogP contribution in [0.3, 0.4) is 0 Å². The van der Waals surface area contributed by atoms with E-state index in [1.54, 1.807) is 4.52 Å². The lowest BCUT2D eigenvalue weighted by Gasteiger charge is -2.08. The zero-order valence-corrected chi connectivity index (χ0v) is 17.7. The molecule has 144 valence electrons. The maximum Gasteiger partial charge on any atom is 0.235 e. The number of nitrogens with one attached hydrogen (secondary N) is 1. The molecule has 1 amide bonds. The molecule has 0 radical (unpaired) electrons. The molecule has 0 fully saturated rings. The molecule has 0 saturated carbocycles. The lowest BCUT2D eigenvalue weighted by molar-refractivity contribution is -0.432. The number of rotatable bonds is 7. The Labute approximate surface area is 166 Å². The minimum atomic E-state index is -0.0482. The van der Waals surface area contributed by atoms with Crippen LogP contribution in [0.15, 0.2) is 22.5 Å². The van der Waals surface area contributed by atoms with E-state index in [0.717, 1.165) is 32.8 Å². The van der Waals surface area contributed by atoms with Crippen molar-refractivity contribution >= 4 is 39.7 Å². The molecule has 27 heavy (non-hydrogen) atoms. The van der Waals surface area contributed by atoms with Gasteiger partial charge in [0, 0.05) is 12.1 Å².